The van der Waals surface area contributed by atoms with E-state index in [9.17, 15) is 0 Å². The van der Waals surface area contributed by atoms with Crippen LogP contribution in [0, 0.1) is 0 Å². The lowest BCUT2D eigenvalue weighted by atomic mass is 9.95. The first-order valence-electron chi connectivity index (χ1n) is 8.84. The number of ether oxygens (including phenoxy) is 1. The van der Waals surface area contributed by atoms with Gasteiger partial charge in [-0.3, -0.25) is 0 Å². The van der Waals surface area contributed by atoms with Crippen LogP contribution in [0.2, 0.25) is 0 Å². The van der Waals surface area contributed by atoms with Gasteiger partial charge in [0.1, 0.15) is 11.4 Å². The zero-order valence-corrected chi connectivity index (χ0v) is 15.9. The van der Waals surface area contributed by atoms with Gasteiger partial charge >= 0.3 is 0 Å². The van der Waals surface area contributed by atoms with Crippen molar-refractivity contribution in [1.82, 2.24) is 9.97 Å². The van der Waals surface area contributed by atoms with Gasteiger partial charge in [-0.15, -0.1) is 11.3 Å². The molecule has 0 bridgehead atoms. The molecule has 5 heteroatoms. The topological polar surface area (TPSA) is 47.0 Å². The fraction of sp³-hybridized carbons (Fsp3) is 0.400. The summed E-state index contributed by atoms with van der Waals surface area (Å²) in [7, 11) is 0. The lowest BCUT2D eigenvalue weighted by Gasteiger charge is -2.13. The van der Waals surface area contributed by atoms with Gasteiger partial charge in [-0.05, 0) is 43.5 Å². The number of thiazole rings is 1. The summed E-state index contributed by atoms with van der Waals surface area (Å²) >= 11 is 1.63. The highest BCUT2D eigenvalue weighted by molar-refractivity contribution is 7.14. The van der Waals surface area contributed by atoms with Crippen molar-refractivity contribution in [2.45, 2.75) is 46.1 Å². The fourth-order valence-electron chi connectivity index (χ4n) is 3.31. The number of fused-ring (bicyclic) bond motifs is 3. The maximum absolute atomic E-state index is 5.74. The number of pyridine rings is 1. The average molecular weight is 353 g/mol. The van der Waals surface area contributed by atoms with E-state index in [1.165, 1.54) is 16.5 Å². The Morgan fingerprint density at radius 2 is 1.96 bits per heavy atom. The highest BCUT2D eigenvalue weighted by atomic mass is 32.1. The van der Waals surface area contributed by atoms with Crippen LogP contribution in [0.25, 0.3) is 22.3 Å². The van der Waals surface area contributed by atoms with Gasteiger partial charge in [0.2, 0.25) is 0 Å². The van der Waals surface area contributed by atoms with Crippen LogP contribution in [0.3, 0.4) is 0 Å². The van der Waals surface area contributed by atoms with Gasteiger partial charge in [0.05, 0.1) is 17.8 Å². The van der Waals surface area contributed by atoms with E-state index in [2.05, 4.69) is 56.6 Å². The Balaban J connectivity index is 1.88. The van der Waals surface area contributed by atoms with Crippen LogP contribution >= 0.6 is 11.3 Å². The van der Waals surface area contributed by atoms with E-state index in [0.29, 0.717) is 12.0 Å². The minimum Gasteiger partial charge on any atom is -0.493 e. The highest BCUT2D eigenvalue weighted by Crippen LogP contribution is 2.37. The van der Waals surface area contributed by atoms with Crippen LogP contribution in [0.1, 0.15) is 44.7 Å². The summed E-state index contributed by atoms with van der Waals surface area (Å²) in [6.45, 7) is 9.45. The largest absolute Gasteiger partial charge is 0.493 e. The first kappa shape index (κ1) is 16.3. The van der Waals surface area contributed by atoms with Crippen molar-refractivity contribution in [3.8, 4) is 17.1 Å². The molecule has 3 heterocycles. The molecule has 25 heavy (non-hydrogen) atoms. The van der Waals surface area contributed by atoms with Crippen LogP contribution in [0.5, 0.6) is 5.75 Å². The molecule has 0 spiro atoms. The first-order valence-corrected chi connectivity index (χ1v) is 9.72. The summed E-state index contributed by atoms with van der Waals surface area (Å²) in [5.41, 5.74) is 5.51. The zero-order valence-electron chi connectivity index (χ0n) is 15.1. The van der Waals surface area contributed by atoms with Crippen molar-refractivity contribution in [3.05, 3.63) is 34.7 Å². The maximum Gasteiger partial charge on any atom is 0.183 e. The Bertz CT molecular complexity index is 930. The smallest absolute Gasteiger partial charge is 0.183 e. The summed E-state index contributed by atoms with van der Waals surface area (Å²) in [6.07, 6.45) is 0.928. The zero-order chi connectivity index (χ0) is 17.6. The van der Waals surface area contributed by atoms with E-state index >= 15 is 0 Å². The summed E-state index contributed by atoms with van der Waals surface area (Å²) in [5.74, 6) is 1.41. The summed E-state index contributed by atoms with van der Waals surface area (Å²) in [6, 6.07) is 6.81. The van der Waals surface area contributed by atoms with Gasteiger partial charge in [0, 0.05) is 28.8 Å². The molecule has 0 saturated heterocycles. The lowest BCUT2D eigenvalue weighted by molar-refractivity contribution is 0.357. The molecule has 0 fully saturated rings. The SMILES string of the molecule is CC(C)Nc1nc(-c2cc(C(C)C)c3ccc4c(c3n2)CCO4)cs1. The van der Waals surface area contributed by atoms with Crippen LogP contribution in [0.4, 0.5) is 5.13 Å². The molecule has 4 rings (SSSR count). The van der Waals surface area contributed by atoms with Gasteiger partial charge in [0.25, 0.3) is 0 Å². The summed E-state index contributed by atoms with van der Waals surface area (Å²) in [4.78, 5) is 9.72. The molecule has 0 atom stereocenters. The van der Waals surface area contributed by atoms with Crippen molar-refractivity contribution < 1.29 is 4.74 Å². The standard InChI is InChI=1S/C20H23N3OS/c1-11(2)15-9-16(17-10-25-20(23-17)21-12(3)4)22-19-13(15)5-6-18-14(19)7-8-24-18/h5-6,9-12H,7-8H2,1-4H3,(H,21,23). The predicted molar refractivity (Wildman–Crippen MR) is 105 cm³/mol. The van der Waals surface area contributed by atoms with Crippen LogP contribution in [-0.2, 0) is 6.42 Å². The normalized spacial score (nSPS) is 13.5. The maximum atomic E-state index is 5.74. The van der Waals surface area contributed by atoms with Crippen molar-refractivity contribution >= 4 is 27.4 Å². The molecular weight excluding hydrogens is 330 g/mol. The average Bonchev–Trinajstić information content (AvgIpc) is 3.22. The third kappa shape index (κ3) is 2.97. The number of rotatable bonds is 4. The minimum atomic E-state index is 0.371. The van der Waals surface area contributed by atoms with Gasteiger partial charge in [0.15, 0.2) is 5.13 Å². The monoisotopic (exact) mass is 353 g/mol. The Morgan fingerprint density at radius 1 is 1.12 bits per heavy atom. The molecule has 2 aromatic heterocycles. The number of nitrogens with one attached hydrogen (secondary N) is 1. The van der Waals surface area contributed by atoms with Crippen LogP contribution in [0.15, 0.2) is 23.6 Å². The van der Waals surface area contributed by atoms with E-state index in [1.807, 2.05) is 0 Å². The number of benzene rings is 1. The number of nitrogens with zero attached hydrogens (tertiary/aromatic N) is 2. The second-order valence-corrected chi connectivity index (χ2v) is 7.98. The van der Waals surface area contributed by atoms with Gasteiger partial charge in [-0.2, -0.15) is 0 Å². The lowest BCUT2D eigenvalue weighted by Crippen LogP contribution is -2.09. The molecule has 1 N–H and O–H groups in total. The van der Waals surface area contributed by atoms with Crippen molar-refractivity contribution in [2.75, 3.05) is 11.9 Å². The number of hydrogen-bond donors (Lipinski definition) is 1. The minimum absolute atomic E-state index is 0.371. The quantitative estimate of drug-likeness (QED) is 0.697. The number of aromatic nitrogens is 2. The molecule has 0 amide bonds. The van der Waals surface area contributed by atoms with Crippen molar-refractivity contribution in [3.63, 3.8) is 0 Å². The van der Waals surface area contributed by atoms with E-state index < -0.39 is 0 Å². The molecule has 0 aliphatic carbocycles. The molecule has 3 aromatic rings. The third-order valence-corrected chi connectivity index (χ3v) is 5.26. The van der Waals surface area contributed by atoms with Gasteiger partial charge < -0.3 is 10.1 Å². The Hall–Kier alpha value is -2.14. The van der Waals surface area contributed by atoms with Crippen LogP contribution < -0.4 is 10.1 Å². The van der Waals surface area contributed by atoms with E-state index in [-0.39, 0.29) is 0 Å². The molecule has 4 nitrogen and oxygen atoms in total. The Labute approximate surface area is 152 Å². The predicted octanol–water partition coefficient (Wildman–Crippen LogP) is 5.24. The van der Waals surface area contributed by atoms with E-state index in [0.717, 1.165) is 40.8 Å². The van der Waals surface area contributed by atoms with E-state index in [1.54, 1.807) is 11.3 Å². The molecule has 130 valence electrons. The van der Waals surface area contributed by atoms with Crippen LogP contribution in [-0.4, -0.2) is 22.6 Å². The summed E-state index contributed by atoms with van der Waals surface area (Å²) in [5, 5.41) is 7.64. The molecule has 0 radical (unpaired) electrons. The van der Waals surface area contributed by atoms with Gasteiger partial charge in [-0.1, -0.05) is 13.8 Å². The third-order valence-electron chi connectivity index (χ3n) is 4.49. The first-order chi connectivity index (χ1) is 12.0. The second-order valence-electron chi connectivity index (χ2n) is 7.13. The molecule has 1 aliphatic heterocycles. The van der Waals surface area contributed by atoms with Crippen molar-refractivity contribution in [2.24, 2.45) is 0 Å². The summed E-state index contributed by atoms with van der Waals surface area (Å²) < 4.78 is 5.74. The van der Waals surface area contributed by atoms with E-state index in [4.69, 9.17) is 14.7 Å². The molecule has 1 aromatic carbocycles. The Morgan fingerprint density at radius 3 is 2.72 bits per heavy atom. The fourth-order valence-corrected chi connectivity index (χ4v) is 4.16. The molecule has 0 unspecified atom stereocenters. The molecule has 0 saturated carbocycles. The number of anilines is 1. The number of hydrogen-bond acceptors (Lipinski definition) is 5. The Kier molecular flexibility index (Phi) is 4.12. The second kappa shape index (κ2) is 6.30. The molecule has 1 aliphatic rings. The van der Waals surface area contributed by atoms with Gasteiger partial charge in [-0.25, -0.2) is 9.97 Å². The highest BCUT2D eigenvalue weighted by Gasteiger charge is 2.20. The molecular formula is C20H23N3OS. The van der Waals surface area contributed by atoms with Crippen molar-refractivity contribution in [1.29, 1.82) is 0 Å².